The van der Waals surface area contributed by atoms with Gasteiger partial charge < -0.3 is 24.7 Å². The Labute approximate surface area is 134 Å². The highest BCUT2D eigenvalue weighted by molar-refractivity contribution is 7.46. The molecule has 0 saturated carbocycles. The highest BCUT2D eigenvalue weighted by Crippen LogP contribution is 2.36. The van der Waals surface area contributed by atoms with Gasteiger partial charge in [-0.05, 0) is 6.92 Å². The van der Waals surface area contributed by atoms with Crippen LogP contribution in [0.5, 0.6) is 0 Å². The van der Waals surface area contributed by atoms with Crippen molar-refractivity contribution in [2.45, 2.75) is 25.4 Å². The van der Waals surface area contributed by atoms with Gasteiger partial charge in [0.25, 0.3) is 5.56 Å². The molecule has 0 amide bonds. The number of phosphoric acid groups is 1. The Bertz CT molecular complexity index is 761. The van der Waals surface area contributed by atoms with Crippen LogP contribution in [0.15, 0.2) is 15.7 Å². The third-order valence-electron chi connectivity index (χ3n) is 2.85. The maximum absolute atomic E-state index is 11.8. The minimum atomic E-state index is -4.86. The number of ether oxygens (including phenoxy) is 1. The smallest absolute Gasteiger partial charge is 0.394 e. The lowest BCUT2D eigenvalue weighted by atomic mass is 10.2. The van der Waals surface area contributed by atoms with Gasteiger partial charge in [0.05, 0.1) is 13.2 Å². The molecule has 0 saturated heterocycles. The summed E-state index contributed by atoms with van der Waals surface area (Å²) in [6.45, 7) is -0.320. The van der Waals surface area contributed by atoms with Crippen molar-refractivity contribution in [3.05, 3.63) is 32.6 Å². The number of aromatic amines is 1. The minimum Gasteiger partial charge on any atom is -0.394 e. The fourth-order valence-electron chi connectivity index (χ4n) is 1.79. The molecule has 1 rings (SSSR count). The molecule has 12 nitrogen and oxygen atoms in total. The first-order valence-electron chi connectivity index (χ1n) is 6.49. The number of hydrogen-bond donors (Lipinski definition) is 5. The van der Waals surface area contributed by atoms with Gasteiger partial charge in [-0.1, -0.05) is 0 Å². The Morgan fingerprint density at radius 3 is 2.58 bits per heavy atom. The predicted octanol–water partition coefficient (Wildman–Crippen LogP) is -2.23. The molecule has 0 fully saturated rings. The zero-order chi connectivity index (χ0) is 18.5. The number of nitrogens with zero attached hydrogens (tertiary/aromatic N) is 2. The molecule has 24 heavy (non-hydrogen) atoms. The van der Waals surface area contributed by atoms with Gasteiger partial charge in [0, 0.05) is 6.07 Å². The number of aliphatic hydroxyl groups is 2. The molecule has 0 aliphatic carbocycles. The second kappa shape index (κ2) is 8.32. The fourth-order valence-corrected chi connectivity index (χ4v) is 2.14. The molecule has 0 radical (unpaired) electrons. The van der Waals surface area contributed by atoms with Crippen molar-refractivity contribution in [2.24, 2.45) is 0 Å². The largest absolute Gasteiger partial charge is 0.469 e. The van der Waals surface area contributed by atoms with Crippen molar-refractivity contribution in [3.8, 4) is 6.07 Å². The Morgan fingerprint density at radius 1 is 1.46 bits per heavy atom. The van der Waals surface area contributed by atoms with Crippen molar-refractivity contribution in [1.29, 1.82) is 5.26 Å². The molecule has 0 aliphatic rings. The van der Waals surface area contributed by atoms with Gasteiger partial charge in [-0.2, -0.15) is 5.26 Å². The SMILES string of the molecule is CC(O[C@H](COP(=O)(O)O)C(O)CO)n1c(C#N)cc(=O)[nH]c1=O. The summed E-state index contributed by atoms with van der Waals surface area (Å²) in [5, 5.41) is 27.6. The Kier molecular flexibility index (Phi) is 7.00. The van der Waals surface area contributed by atoms with Gasteiger partial charge in [-0.15, -0.1) is 0 Å². The summed E-state index contributed by atoms with van der Waals surface area (Å²) < 4.78 is 21.0. The molecular weight excluding hydrogens is 349 g/mol. The molecule has 0 spiro atoms. The Balaban J connectivity index is 3.07. The average molecular weight is 365 g/mol. The van der Waals surface area contributed by atoms with Crippen LogP contribution in [-0.4, -0.2) is 55.0 Å². The zero-order valence-corrected chi connectivity index (χ0v) is 13.3. The summed E-state index contributed by atoms with van der Waals surface area (Å²) in [5.74, 6) is 0. The number of aliphatic hydroxyl groups excluding tert-OH is 2. The first-order valence-corrected chi connectivity index (χ1v) is 8.02. The molecule has 1 aromatic rings. The van der Waals surface area contributed by atoms with Crippen LogP contribution < -0.4 is 11.2 Å². The van der Waals surface area contributed by atoms with E-state index in [-0.39, 0.29) is 5.69 Å². The molecule has 2 unspecified atom stereocenters. The van der Waals surface area contributed by atoms with Gasteiger partial charge in [0.1, 0.15) is 30.2 Å². The molecule has 13 heteroatoms. The summed E-state index contributed by atoms with van der Waals surface area (Å²) in [4.78, 5) is 42.3. The molecule has 1 heterocycles. The lowest BCUT2D eigenvalue weighted by molar-refractivity contribution is -0.126. The predicted molar refractivity (Wildman–Crippen MR) is 76.7 cm³/mol. The van der Waals surface area contributed by atoms with Crippen LogP contribution in [0.1, 0.15) is 18.8 Å². The number of hydrogen-bond acceptors (Lipinski definition) is 8. The maximum Gasteiger partial charge on any atom is 0.469 e. The molecule has 1 aromatic heterocycles. The van der Waals surface area contributed by atoms with Crippen LogP contribution >= 0.6 is 7.82 Å². The van der Waals surface area contributed by atoms with Gasteiger partial charge in [0.15, 0.2) is 0 Å². The maximum atomic E-state index is 11.8. The zero-order valence-electron chi connectivity index (χ0n) is 12.4. The third kappa shape index (κ3) is 5.66. The van der Waals surface area contributed by atoms with Gasteiger partial charge in [-0.25, -0.2) is 9.36 Å². The van der Waals surface area contributed by atoms with E-state index in [0.717, 1.165) is 10.6 Å². The minimum absolute atomic E-state index is 0.329. The highest BCUT2D eigenvalue weighted by Gasteiger charge is 2.27. The number of rotatable bonds is 8. The summed E-state index contributed by atoms with van der Waals surface area (Å²) in [6.07, 6.45) is -4.23. The number of nitriles is 1. The van der Waals surface area contributed by atoms with Crippen LogP contribution in [0, 0.1) is 11.3 Å². The molecule has 0 aromatic carbocycles. The van der Waals surface area contributed by atoms with E-state index in [4.69, 9.17) is 24.9 Å². The van der Waals surface area contributed by atoms with E-state index in [9.17, 15) is 19.3 Å². The van der Waals surface area contributed by atoms with Crippen molar-refractivity contribution in [1.82, 2.24) is 9.55 Å². The molecule has 0 bridgehead atoms. The topological polar surface area (TPSA) is 195 Å². The first-order chi connectivity index (χ1) is 11.1. The molecular formula is C11H16N3O9P. The van der Waals surface area contributed by atoms with E-state index in [0.29, 0.717) is 0 Å². The third-order valence-corrected chi connectivity index (χ3v) is 3.33. The van der Waals surface area contributed by atoms with Gasteiger partial charge >= 0.3 is 13.5 Å². The molecule has 0 aliphatic heterocycles. The van der Waals surface area contributed by atoms with Crippen LogP contribution in [0.4, 0.5) is 0 Å². The Morgan fingerprint density at radius 2 is 2.08 bits per heavy atom. The van der Waals surface area contributed by atoms with Gasteiger partial charge in [0.2, 0.25) is 0 Å². The van der Waals surface area contributed by atoms with Crippen molar-refractivity contribution >= 4 is 7.82 Å². The van der Waals surface area contributed by atoms with E-state index >= 15 is 0 Å². The van der Waals surface area contributed by atoms with Crippen LogP contribution in [0.2, 0.25) is 0 Å². The fraction of sp³-hybridized carbons (Fsp3) is 0.545. The molecule has 134 valence electrons. The number of phosphoric ester groups is 1. The highest BCUT2D eigenvalue weighted by atomic mass is 31.2. The second-order valence-corrected chi connectivity index (χ2v) is 5.86. The van der Waals surface area contributed by atoms with Crippen molar-refractivity contribution in [2.75, 3.05) is 13.2 Å². The van der Waals surface area contributed by atoms with E-state index < -0.39 is 50.7 Å². The second-order valence-electron chi connectivity index (χ2n) is 4.62. The molecule has 5 N–H and O–H groups in total. The quantitative estimate of drug-likeness (QED) is 0.315. The summed E-state index contributed by atoms with van der Waals surface area (Å²) >= 11 is 0. The Hall–Kier alpha value is -1.84. The van der Waals surface area contributed by atoms with E-state index in [1.807, 2.05) is 4.98 Å². The molecule has 3 atom stereocenters. The van der Waals surface area contributed by atoms with Crippen molar-refractivity contribution in [3.63, 3.8) is 0 Å². The number of H-pyrrole nitrogens is 1. The van der Waals surface area contributed by atoms with Crippen LogP contribution in [0.25, 0.3) is 0 Å². The number of nitrogens with one attached hydrogen (secondary N) is 1. The number of aromatic nitrogens is 2. The standard InChI is InChI=1S/C11H16N3O9P/c1-6(14-7(3-12)2-10(17)13-11(14)18)23-9(8(16)4-15)5-22-24(19,20)21/h2,6,8-9,15-16H,4-5H2,1H3,(H,13,17,18)(H2,19,20,21)/t6?,8?,9-/m1/s1. The van der Waals surface area contributed by atoms with Crippen LogP contribution in [0.3, 0.4) is 0 Å². The van der Waals surface area contributed by atoms with E-state index in [2.05, 4.69) is 4.52 Å². The van der Waals surface area contributed by atoms with E-state index in [1.165, 1.54) is 6.92 Å². The van der Waals surface area contributed by atoms with Gasteiger partial charge in [-0.3, -0.25) is 18.9 Å². The van der Waals surface area contributed by atoms with Crippen LogP contribution in [-0.2, 0) is 13.8 Å². The van der Waals surface area contributed by atoms with Crippen molar-refractivity contribution < 1.29 is 33.8 Å². The average Bonchev–Trinajstić information content (AvgIpc) is 2.48. The first kappa shape index (κ1) is 20.2. The summed E-state index contributed by atoms with van der Waals surface area (Å²) in [6, 6.07) is 2.48. The monoisotopic (exact) mass is 365 g/mol. The summed E-state index contributed by atoms with van der Waals surface area (Å²) in [5.41, 5.74) is -2.08. The lowest BCUT2D eigenvalue weighted by Crippen LogP contribution is -2.40. The summed E-state index contributed by atoms with van der Waals surface area (Å²) in [7, 11) is -4.86. The normalized spacial score (nSPS) is 15.5. The lowest BCUT2D eigenvalue weighted by Gasteiger charge is -2.26. The van der Waals surface area contributed by atoms with E-state index in [1.54, 1.807) is 6.07 Å².